The van der Waals surface area contributed by atoms with E-state index in [4.69, 9.17) is 0 Å². The SMILES string of the molecule is Cc1sc2nc(C(C)C)n(C(C)(C)C(=O)O)c(=O)c2c1-c1ccc(F)cc1. The second-order valence-electron chi connectivity index (χ2n) is 7.35. The van der Waals surface area contributed by atoms with Gasteiger partial charge >= 0.3 is 5.97 Å². The number of carboxylic acid groups (broad SMARTS) is 1. The van der Waals surface area contributed by atoms with Crippen LogP contribution in [0.4, 0.5) is 4.39 Å². The van der Waals surface area contributed by atoms with Gasteiger partial charge in [0.25, 0.3) is 5.56 Å². The fourth-order valence-corrected chi connectivity index (χ4v) is 4.21. The molecule has 0 bridgehead atoms. The van der Waals surface area contributed by atoms with Crippen LogP contribution in [0.3, 0.4) is 0 Å². The molecule has 142 valence electrons. The molecule has 0 aliphatic heterocycles. The second kappa shape index (κ2) is 6.56. The van der Waals surface area contributed by atoms with E-state index >= 15 is 0 Å². The number of halogens is 1. The molecule has 0 unspecified atom stereocenters. The lowest BCUT2D eigenvalue weighted by molar-refractivity contribution is -0.146. The summed E-state index contributed by atoms with van der Waals surface area (Å²) < 4.78 is 14.6. The summed E-state index contributed by atoms with van der Waals surface area (Å²) in [5.41, 5.74) is -0.457. The average molecular weight is 388 g/mol. The number of hydrogen-bond acceptors (Lipinski definition) is 4. The zero-order valence-electron chi connectivity index (χ0n) is 15.8. The number of benzene rings is 1. The highest BCUT2D eigenvalue weighted by Crippen LogP contribution is 2.37. The summed E-state index contributed by atoms with van der Waals surface area (Å²) in [6, 6.07) is 5.92. The van der Waals surface area contributed by atoms with Crippen molar-refractivity contribution in [2.24, 2.45) is 0 Å². The Labute approximate surface area is 160 Å². The average Bonchev–Trinajstić information content (AvgIpc) is 2.91. The van der Waals surface area contributed by atoms with Crippen LogP contribution in [-0.4, -0.2) is 20.6 Å². The van der Waals surface area contributed by atoms with Crippen molar-refractivity contribution in [3.63, 3.8) is 0 Å². The topological polar surface area (TPSA) is 72.2 Å². The van der Waals surface area contributed by atoms with Gasteiger partial charge in [0, 0.05) is 16.4 Å². The third kappa shape index (κ3) is 3.06. The van der Waals surface area contributed by atoms with Gasteiger partial charge in [0.2, 0.25) is 0 Å². The summed E-state index contributed by atoms with van der Waals surface area (Å²) in [7, 11) is 0. The fraction of sp³-hybridized carbons (Fsp3) is 0.350. The van der Waals surface area contributed by atoms with Gasteiger partial charge in [-0.05, 0) is 38.5 Å². The molecule has 0 aliphatic carbocycles. The Morgan fingerprint density at radius 2 is 1.85 bits per heavy atom. The summed E-state index contributed by atoms with van der Waals surface area (Å²) in [5.74, 6) is -1.16. The molecule has 2 aromatic heterocycles. The molecule has 0 atom stereocenters. The Hall–Kier alpha value is -2.54. The zero-order chi connectivity index (χ0) is 20.1. The molecule has 0 amide bonds. The third-order valence-corrected chi connectivity index (χ3v) is 5.66. The number of fused-ring (bicyclic) bond motifs is 1. The van der Waals surface area contributed by atoms with Crippen LogP contribution in [0.5, 0.6) is 0 Å². The fourth-order valence-electron chi connectivity index (χ4n) is 3.16. The summed E-state index contributed by atoms with van der Waals surface area (Å²) in [5, 5.41) is 10.1. The molecule has 0 spiro atoms. The molecule has 0 aliphatic rings. The second-order valence-corrected chi connectivity index (χ2v) is 8.55. The molecule has 7 heteroatoms. The molecule has 2 heterocycles. The van der Waals surface area contributed by atoms with Crippen LogP contribution in [0.15, 0.2) is 29.1 Å². The molecular weight excluding hydrogens is 367 g/mol. The lowest BCUT2D eigenvalue weighted by Crippen LogP contribution is -2.45. The quantitative estimate of drug-likeness (QED) is 0.713. The lowest BCUT2D eigenvalue weighted by atomic mass is 10.0. The van der Waals surface area contributed by atoms with Crippen molar-refractivity contribution in [3.05, 3.63) is 51.1 Å². The molecule has 1 N–H and O–H groups in total. The maximum absolute atomic E-state index is 13.5. The number of rotatable bonds is 4. The number of aryl methyl sites for hydroxylation is 1. The largest absolute Gasteiger partial charge is 0.480 e. The van der Waals surface area contributed by atoms with Gasteiger partial charge in [0.05, 0.1) is 5.39 Å². The smallest absolute Gasteiger partial charge is 0.329 e. The summed E-state index contributed by atoms with van der Waals surface area (Å²) >= 11 is 1.39. The van der Waals surface area contributed by atoms with Crippen molar-refractivity contribution < 1.29 is 14.3 Å². The Bertz CT molecular complexity index is 1100. The monoisotopic (exact) mass is 388 g/mol. The zero-order valence-corrected chi connectivity index (χ0v) is 16.6. The van der Waals surface area contributed by atoms with Crippen molar-refractivity contribution in [2.45, 2.75) is 46.1 Å². The molecule has 3 aromatic rings. The van der Waals surface area contributed by atoms with Crippen molar-refractivity contribution in [3.8, 4) is 11.1 Å². The van der Waals surface area contributed by atoms with Gasteiger partial charge in [0.15, 0.2) is 0 Å². The number of aromatic nitrogens is 2. The van der Waals surface area contributed by atoms with Crippen LogP contribution in [0.25, 0.3) is 21.3 Å². The van der Waals surface area contributed by atoms with Crippen molar-refractivity contribution in [1.29, 1.82) is 0 Å². The van der Waals surface area contributed by atoms with E-state index in [1.807, 2.05) is 20.8 Å². The van der Waals surface area contributed by atoms with Gasteiger partial charge in [-0.3, -0.25) is 9.36 Å². The molecule has 0 radical (unpaired) electrons. The Balaban J connectivity index is 2.46. The predicted molar refractivity (Wildman–Crippen MR) is 105 cm³/mol. The van der Waals surface area contributed by atoms with E-state index in [1.165, 1.54) is 41.9 Å². The molecule has 27 heavy (non-hydrogen) atoms. The number of hydrogen-bond donors (Lipinski definition) is 1. The summed E-state index contributed by atoms with van der Waals surface area (Å²) in [6.45, 7) is 8.62. The molecule has 1 aromatic carbocycles. The maximum atomic E-state index is 13.5. The van der Waals surface area contributed by atoms with Crippen LogP contribution in [0, 0.1) is 12.7 Å². The van der Waals surface area contributed by atoms with Crippen molar-refractivity contribution >= 4 is 27.5 Å². The molecule has 3 rings (SSSR count). The predicted octanol–water partition coefficient (Wildman–Crippen LogP) is 4.52. The first kappa shape index (κ1) is 19.2. The molecule has 0 saturated carbocycles. The van der Waals surface area contributed by atoms with Gasteiger partial charge < -0.3 is 5.11 Å². The Kier molecular flexibility index (Phi) is 4.67. The number of carboxylic acids is 1. The molecule has 5 nitrogen and oxygen atoms in total. The normalized spacial score (nSPS) is 12.1. The van der Waals surface area contributed by atoms with Gasteiger partial charge in [-0.2, -0.15) is 0 Å². The highest BCUT2D eigenvalue weighted by atomic mass is 32.1. The number of carbonyl (C=O) groups is 1. The van der Waals surface area contributed by atoms with Crippen LogP contribution >= 0.6 is 11.3 Å². The third-order valence-electron chi connectivity index (χ3n) is 4.66. The minimum absolute atomic E-state index is 0.127. The first-order valence-electron chi connectivity index (χ1n) is 8.61. The van der Waals surface area contributed by atoms with Gasteiger partial charge in [-0.1, -0.05) is 26.0 Å². The van der Waals surface area contributed by atoms with Crippen LogP contribution in [0.1, 0.15) is 44.3 Å². The lowest BCUT2D eigenvalue weighted by Gasteiger charge is -2.27. The standard InChI is InChI=1S/C20H21FN2O3S/c1-10(2)16-22-17-15(18(24)23(16)20(4,5)19(25)26)14(11(3)27-17)12-6-8-13(21)9-7-12/h6-10H,1-5H3,(H,25,26). The maximum Gasteiger partial charge on any atom is 0.329 e. The summed E-state index contributed by atoms with van der Waals surface area (Å²) in [6.07, 6.45) is 0. The van der Waals surface area contributed by atoms with Gasteiger partial charge in [-0.15, -0.1) is 11.3 Å². The van der Waals surface area contributed by atoms with Crippen molar-refractivity contribution in [1.82, 2.24) is 9.55 Å². The van der Waals surface area contributed by atoms with Crippen LogP contribution in [0.2, 0.25) is 0 Å². The number of nitrogens with zero attached hydrogens (tertiary/aromatic N) is 2. The minimum Gasteiger partial charge on any atom is -0.480 e. The van der Waals surface area contributed by atoms with Gasteiger partial charge in [-0.25, -0.2) is 14.2 Å². The van der Waals surface area contributed by atoms with E-state index in [9.17, 15) is 19.1 Å². The Morgan fingerprint density at radius 3 is 2.37 bits per heavy atom. The summed E-state index contributed by atoms with van der Waals surface area (Å²) in [4.78, 5) is 31.4. The minimum atomic E-state index is -1.45. The van der Waals surface area contributed by atoms with Crippen LogP contribution in [-0.2, 0) is 10.3 Å². The molecular formula is C20H21FN2O3S. The van der Waals surface area contributed by atoms with E-state index in [0.717, 1.165) is 4.88 Å². The van der Waals surface area contributed by atoms with E-state index in [1.54, 1.807) is 12.1 Å². The van der Waals surface area contributed by atoms with E-state index < -0.39 is 11.5 Å². The highest BCUT2D eigenvalue weighted by Gasteiger charge is 2.35. The molecule has 0 saturated heterocycles. The highest BCUT2D eigenvalue weighted by molar-refractivity contribution is 7.19. The van der Waals surface area contributed by atoms with Crippen LogP contribution < -0.4 is 5.56 Å². The Morgan fingerprint density at radius 1 is 1.26 bits per heavy atom. The van der Waals surface area contributed by atoms with E-state index in [0.29, 0.717) is 27.2 Å². The first-order chi connectivity index (χ1) is 12.6. The van der Waals surface area contributed by atoms with Crippen molar-refractivity contribution in [2.75, 3.05) is 0 Å². The van der Waals surface area contributed by atoms with Gasteiger partial charge in [0.1, 0.15) is 22.0 Å². The van der Waals surface area contributed by atoms with E-state index in [2.05, 4.69) is 4.98 Å². The first-order valence-corrected chi connectivity index (χ1v) is 9.43. The number of aliphatic carboxylic acids is 1. The molecule has 0 fully saturated rings. The number of thiophene rings is 1. The van der Waals surface area contributed by atoms with E-state index in [-0.39, 0.29) is 17.3 Å².